The Kier molecular flexibility index (Phi) is 5.10. The Balaban J connectivity index is 1.54. The highest BCUT2D eigenvalue weighted by atomic mass is 16.2. The number of carbonyl (C=O) groups is 3. The Morgan fingerprint density at radius 1 is 1.14 bits per heavy atom. The maximum absolute atomic E-state index is 13.0. The third-order valence-corrected chi connectivity index (χ3v) is 6.69. The summed E-state index contributed by atoms with van der Waals surface area (Å²) >= 11 is 0. The molecular formula is C20H30N6O3. The van der Waals surface area contributed by atoms with E-state index in [4.69, 9.17) is 0 Å². The molecule has 0 aromatic carbocycles. The van der Waals surface area contributed by atoms with Crippen LogP contribution in [0.4, 0.5) is 0 Å². The number of rotatable bonds is 3. The molecule has 1 aromatic rings. The molecule has 158 valence electrons. The maximum atomic E-state index is 13.0. The number of nitrogens with zero attached hydrogens (tertiary/aromatic N) is 5. The van der Waals surface area contributed by atoms with E-state index in [9.17, 15) is 14.4 Å². The Labute approximate surface area is 171 Å². The second-order valence-corrected chi connectivity index (χ2v) is 8.76. The maximum Gasteiger partial charge on any atom is 0.274 e. The SMILES string of the molecule is CN1CCN(C(=O)c2cc3n(n2)C[C@](C)(C(=O)NC2CCCC2)N(C)C3=O)CC1. The van der Waals surface area contributed by atoms with Crippen molar-refractivity contribution in [1.82, 2.24) is 29.8 Å². The molecule has 0 radical (unpaired) electrons. The average molecular weight is 402 g/mol. The molecule has 2 aliphatic heterocycles. The molecular weight excluding hydrogens is 372 g/mol. The van der Waals surface area contributed by atoms with E-state index in [0.29, 0.717) is 18.8 Å². The first-order chi connectivity index (χ1) is 13.8. The number of carbonyl (C=O) groups excluding carboxylic acids is 3. The van der Waals surface area contributed by atoms with Crippen LogP contribution in [0.15, 0.2) is 6.07 Å². The number of amides is 3. The molecule has 1 aromatic heterocycles. The summed E-state index contributed by atoms with van der Waals surface area (Å²) < 4.78 is 1.53. The Hall–Kier alpha value is -2.42. The van der Waals surface area contributed by atoms with Crippen molar-refractivity contribution in [2.45, 2.75) is 50.7 Å². The number of hydrogen-bond acceptors (Lipinski definition) is 5. The van der Waals surface area contributed by atoms with Gasteiger partial charge in [0.2, 0.25) is 5.91 Å². The van der Waals surface area contributed by atoms with Crippen molar-refractivity contribution in [2.24, 2.45) is 0 Å². The van der Waals surface area contributed by atoms with Gasteiger partial charge in [-0.2, -0.15) is 5.10 Å². The lowest BCUT2D eigenvalue weighted by atomic mass is 9.95. The molecule has 0 spiro atoms. The summed E-state index contributed by atoms with van der Waals surface area (Å²) in [5.74, 6) is -0.605. The number of likely N-dealkylation sites (N-methyl/N-ethyl adjacent to an activating group) is 2. The van der Waals surface area contributed by atoms with Gasteiger partial charge in [0.05, 0.1) is 6.54 Å². The minimum atomic E-state index is -1.03. The second kappa shape index (κ2) is 7.44. The number of aromatic nitrogens is 2. The van der Waals surface area contributed by atoms with Crippen LogP contribution in [0.2, 0.25) is 0 Å². The first-order valence-corrected chi connectivity index (χ1v) is 10.4. The normalized spacial score (nSPS) is 26.0. The van der Waals surface area contributed by atoms with E-state index < -0.39 is 5.54 Å². The predicted molar refractivity (Wildman–Crippen MR) is 107 cm³/mol. The Morgan fingerprint density at radius 2 is 1.79 bits per heavy atom. The fourth-order valence-corrected chi connectivity index (χ4v) is 4.41. The summed E-state index contributed by atoms with van der Waals surface area (Å²) in [5.41, 5.74) is -0.407. The van der Waals surface area contributed by atoms with Gasteiger partial charge in [0.1, 0.15) is 11.2 Å². The fourth-order valence-electron chi connectivity index (χ4n) is 4.41. The molecule has 1 saturated carbocycles. The van der Waals surface area contributed by atoms with Gasteiger partial charge in [-0.3, -0.25) is 19.1 Å². The topological polar surface area (TPSA) is 90.8 Å². The summed E-state index contributed by atoms with van der Waals surface area (Å²) in [6.07, 6.45) is 4.21. The van der Waals surface area contributed by atoms with Crippen molar-refractivity contribution in [3.8, 4) is 0 Å². The van der Waals surface area contributed by atoms with Gasteiger partial charge < -0.3 is 20.0 Å². The number of nitrogens with one attached hydrogen (secondary N) is 1. The summed E-state index contributed by atoms with van der Waals surface area (Å²) in [4.78, 5) is 44.3. The molecule has 3 amide bonds. The minimum absolute atomic E-state index is 0.159. The van der Waals surface area contributed by atoms with Crippen molar-refractivity contribution in [1.29, 1.82) is 0 Å². The van der Waals surface area contributed by atoms with Gasteiger partial charge in [0.25, 0.3) is 11.8 Å². The second-order valence-electron chi connectivity index (χ2n) is 8.76. The van der Waals surface area contributed by atoms with Crippen LogP contribution in [0.25, 0.3) is 0 Å². The first kappa shape index (κ1) is 19.9. The zero-order chi connectivity index (χ0) is 20.8. The van der Waals surface area contributed by atoms with Gasteiger partial charge in [-0.25, -0.2) is 0 Å². The average Bonchev–Trinajstić information content (AvgIpc) is 3.36. The van der Waals surface area contributed by atoms with Crippen LogP contribution in [-0.4, -0.2) is 94.1 Å². The van der Waals surface area contributed by atoms with Crippen LogP contribution in [0.5, 0.6) is 0 Å². The van der Waals surface area contributed by atoms with E-state index in [1.807, 2.05) is 7.05 Å². The summed E-state index contributed by atoms with van der Waals surface area (Å²) in [5, 5.41) is 7.53. The third kappa shape index (κ3) is 3.52. The molecule has 29 heavy (non-hydrogen) atoms. The molecule has 1 N–H and O–H groups in total. The largest absolute Gasteiger partial charge is 0.351 e. The van der Waals surface area contributed by atoms with E-state index in [0.717, 1.165) is 38.8 Å². The quantitative estimate of drug-likeness (QED) is 0.779. The zero-order valence-corrected chi connectivity index (χ0v) is 17.5. The van der Waals surface area contributed by atoms with Gasteiger partial charge in [-0.15, -0.1) is 0 Å². The summed E-state index contributed by atoms with van der Waals surface area (Å²) in [7, 11) is 3.68. The van der Waals surface area contributed by atoms with Crippen LogP contribution in [0.3, 0.4) is 0 Å². The van der Waals surface area contributed by atoms with Gasteiger partial charge in [0.15, 0.2) is 5.69 Å². The monoisotopic (exact) mass is 402 g/mol. The summed E-state index contributed by atoms with van der Waals surface area (Å²) in [6.45, 7) is 4.93. The van der Waals surface area contributed by atoms with Gasteiger partial charge >= 0.3 is 0 Å². The number of piperazine rings is 1. The van der Waals surface area contributed by atoms with Crippen LogP contribution in [0, 0.1) is 0 Å². The van der Waals surface area contributed by atoms with Crippen LogP contribution in [-0.2, 0) is 11.3 Å². The van der Waals surface area contributed by atoms with Crippen LogP contribution >= 0.6 is 0 Å². The lowest BCUT2D eigenvalue weighted by Gasteiger charge is -2.41. The van der Waals surface area contributed by atoms with Gasteiger partial charge in [0, 0.05) is 45.3 Å². The van der Waals surface area contributed by atoms with E-state index in [1.54, 1.807) is 24.9 Å². The number of hydrogen-bond donors (Lipinski definition) is 1. The van der Waals surface area contributed by atoms with Crippen molar-refractivity contribution >= 4 is 17.7 Å². The smallest absolute Gasteiger partial charge is 0.274 e. The van der Waals surface area contributed by atoms with Crippen molar-refractivity contribution < 1.29 is 14.4 Å². The van der Waals surface area contributed by atoms with E-state index in [-0.39, 0.29) is 36.0 Å². The lowest BCUT2D eigenvalue weighted by molar-refractivity contribution is -0.133. The van der Waals surface area contributed by atoms with E-state index >= 15 is 0 Å². The first-order valence-electron chi connectivity index (χ1n) is 10.4. The molecule has 0 unspecified atom stereocenters. The van der Waals surface area contributed by atoms with Gasteiger partial charge in [-0.05, 0) is 26.8 Å². The molecule has 3 heterocycles. The van der Waals surface area contributed by atoms with E-state index in [1.165, 1.54) is 9.58 Å². The minimum Gasteiger partial charge on any atom is -0.351 e. The number of fused-ring (bicyclic) bond motifs is 1. The molecule has 3 aliphatic rings. The Morgan fingerprint density at radius 3 is 2.45 bits per heavy atom. The lowest BCUT2D eigenvalue weighted by Crippen LogP contribution is -2.63. The molecule has 9 nitrogen and oxygen atoms in total. The van der Waals surface area contributed by atoms with Gasteiger partial charge in [-0.1, -0.05) is 12.8 Å². The Bertz CT molecular complexity index is 822. The van der Waals surface area contributed by atoms with Crippen molar-refractivity contribution in [3.05, 3.63) is 17.5 Å². The standard InChI is InChI=1S/C20H30N6O3/c1-20(19(29)21-14-6-4-5-7-14)13-26-16(18(28)24(20)3)12-15(22-26)17(27)25-10-8-23(2)9-11-25/h12,14H,4-11,13H2,1-3H3,(H,21,29)/t20-/m1/s1. The molecule has 0 bridgehead atoms. The molecule has 1 atom stereocenters. The van der Waals surface area contributed by atoms with E-state index in [2.05, 4.69) is 15.3 Å². The zero-order valence-electron chi connectivity index (χ0n) is 17.5. The third-order valence-electron chi connectivity index (χ3n) is 6.69. The molecule has 4 rings (SSSR count). The molecule has 2 fully saturated rings. The highest BCUT2D eigenvalue weighted by molar-refractivity contribution is 6.01. The molecule has 1 aliphatic carbocycles. The van der Waals surface area contributed by atoms with Crippen LogP contribution in [0.1, 0.15) is 53.6 Å². The highest BCUT2D eigenvalue weighted by Crippen LogP contribution is 2.27. The van der Waals surface area contributed by atoms with Crippen molar-refractivity contribution in [2.75, 3.05) is 40.3 Å². The highest BCUT2D eigenvalue weighted by Gasteiger charge is 2.47. The van der Waals surface area contributed by atoms with Crippen molar-refractivity contribution in [3.63, 3.8) is 0 Å². The fraction of sp³-hybridized carbons (Fsp3) is 0.700. The summed E-state index contributed by atoms with van der Waals surface area (Å²) in [6, 6.07) is 1.74. The molecule has 9 heteroatoms. The van der Waals surface area contributed by atoms with Crippen LogP contribution < -0.4 is 5.32 Å². The molecule has 1 saturated heterocycles. The predicted octanol–water partition coefficient (Wildman–Crippen LogP) is 0.174.